The maximum absolute atomic E-state index is 12.0. The van der Waals surface area contributed by atoms with E-state index in [0.29, 0.717) is 5.69 Å². The van der Waals surface area contributed by atoms with Gasteiger partial charge in [0.25, 0.3) is 0 Å². The van der Waals surface area contributed by atoms with Gasteiger partial charge in [-0.2, -0.15) is 0 Å². The number of rotatable bonds is 5. The Morgan fingerprint density at radius 2 is 1.95 bits per heavy atom. The van der Waals surface area contributed by atoms with Crippen molar-refractivity contribution in [3.63, 3.8) is 0 Å². The Balaban J connectivity index is 2.73. The highest BCUT2D eigenvalue weighted by Gasteiger charge is 2.25. The number of nitrogens with one attached hydrogen (secondary N) is 1. The molecule has 0 aliphatic carbocycles. The van der Waals surface area contributed by atoms with Crippen molar-refractivity contribution in [3.05, 3.63) is 23.5 Å². The molecule has 1 aromatic heterocycles. The SMILES string of the molecule is Cc1ccnc(C)c1NC(=O)CC(C)(C)CC(=O)O. The van der Waals surface area contributed by atoms with Gasteiger partial charge in [-0.3, -0.25) is 14.6 Å². The summed E-state index contributed by atoms with van der Waals surface area (Å²) >= 11 is 0. The Morgan fingerprint density at radius 1 is 1.32 bits per heavy atom. The van der Waals surface area contributed by atoms with Crippen molar-refractivity contribution in [2.24, 2.45) is 5.41 Å². The summed E-state index contributed by atoms with van der Waals surface area (Å²) in [5, 5.41) is 11.6. The van der Waals surface area contributed by atoms with Crippen molar-refractivity contribution in [2.45, 2.75) is 40.5 Å². The molecular formula is C14H20N2O3. The van der Waals surface area contributed by atoms with Gasteiger partial charge in [-0.05, 0) is 30.9 Å². The second-order valence-corrected chi connectivity index (χ2v) is 5.55. The summed E-state index contributed by atoms with van der Waals surface area (Å²) in [5.74, 6) is -1.09. The summed E-state index contributed by atoms with van der Waals surface area (Å²) in [5.41, 5.74) is 1.83. The molecule has 0 saturated carbocycles. The van der Waals surface area contributed by atoms with Crippen LogP contribution in [-0.2, 0) is 9.59 Å². The molecule has 1 amide bonds. The Bertz CT molecular complexity index is 475. The number of aliphatic carboxylic acids is 1. The minimum Gasteiger partial charge on any atom is -0.481 e. The van der Waals surface area contributed by atoms with Crippen LogP contribution in [0.5, 0.6) is 0 Å². The van der Waals surface area contributed by atoms with Gasteiger partial charge in [-0.1, -0.05) is 13.8 Å². The number of nitrogens with zero attached hydrogens (tertiary/aromatic N) is 1. The third-order valence-corrected chi connectivity index (χ3v) is 2.88. The average Bonchev–Trinajstić information content (AvgIpc) is 2.20. The monoisotopic (exact) mass is 264 g/mol. The van der Waals surface area contributed by atoms with Gasteiger partial charge >= 0.3 is 5.97 Å². The summed E-state index contributed by atoms with van der Waals surface area (Å²) in [6, 6.07) is 1.82. The number of aromatic nitrogens is 1. The van der Waals surface area contributed by atoms with Crippen LogP contribution in [0.4, 0.5) is 5.69 Å². The van der Waals surface area contributed by atoms with Crippen molar-refractivity contribution in [2.75, 3.05) is 5.32 Å². The summed E-state index contributed by atoms with van der Waals surface area (Å²) in [7, 11) is 0. The zero-order chi connectivity index (χ0) is 14.6. The van der Waals surface area contributed by atoms with E-state index in [9.17, 15) is 9.59 Å². The van der Waals surface area contributed by atoms with Gasteiger partial charge in [-0.25, -0.2) is 0 Å². The molecule has 1 rings (SSSR count). The molecule has 104 valence electrons. The van der Waals surface area contributed by atoms with Gasteiger partial charge in [0.1, 0.15) is 0 Å². The van der Waals surface area contributed by atoms with E-state index in [1.165, 1.54) is 0 Å². The first-order chi connectivity index (χ1) is 8.71. The number of carboxylic acid groups (broad SMARTS) is 1. The van der Waals surface area contributed by atoms with Crippen LogP contribution in [0.2, 0.25) is 0 Å². The number of carboxylic acids is 1. The molecule has 0 aliphatic heterocycles. The second kappa shape index (κ2) is 5.82. The first kappa shape index (κ1) is 15.1. The Hall–Kier alpha value is -1.91. The van der Waals surface area contributed by atoms with E-state index in [4.69, 9.17) is 5.11 Å². The maximum atomic E-state index is 12.0. The largest absolute Gasteiger partial charge is 0.481 e. The summed E-state index contributed by atoms with van der Waals surface area (Å²) in [6.45, 7) is 7.25. The van der Waals surface area contributed by atoms with E-state index in [2.05, 4.69) is 10.3 Å². The standard InChI is InChI=1S/C14H20N2O3/c1-9-5-6-15-10(2)13(9)16-11(17)7-14(3,4)8-12(18)19/h5-6H,7-8H2,1-4H3,(H,16,17)(H,18,19). The molecule has 1 heterocycles. The summed E-state index contributed by atoms with van der Waals surface area (Å²) < 4.78 is 0. The minimum atomic E-state index is -0.897. The molecule has 0 bridgehead atoms. The lowest BCUT2D eigenvalue weighted by Gasteiger charge is -2.22. The molecule has 0 aromatic carbocycles. The number of aryl methyl sites for hydroxylation is 2. The quantitative estimate of drug-likeness (QED) is 0.856. The molecule has 2 N–H and O–H groups in total. The van der Waals surface area contributed by atoms with Crippen LogP contribution in [-0.4, -0.2) is 22.0 Å². The first-order valence-corrected chi connectivity index (χ1v) is 6.15. The molecule has 0 saturated heterocycles. The lowest BCUT2D eigenvalue weighted by Crippen LogP contribution is -2.25. The van der Waals surface area contributed by atoms with Crippen LogP contribution in [0.15, 0.2) is 12.3 Å². The molecule has 19 heavy (non-hydrogen) atoms. The Kier molecular flexibility index (Phi) is 4.64. The Labute approximate surface area is 113 Å². The zero-order valence-corrected chi connectivity index (χ0v) is 11.8. The molecule has 0 fully saturated rings. The third-order valence-electron chi connectivity index (χ3n) is 2.88. The second-order valence-electron chi connectivity index (χ2n) is 5.55. The molecule has 0 aliphatic rings. The van der Waals surface area contributed by atoms with Gasteiger partial charge in [0, 0.05) is 12.6 Å². The van der Waals surface area contributed by atoms with Crippen molar-refractivity contribution >= 4 is 17.6 Å². The predicted molar refractivity (Wildman–Crippen MR) is 73.0 cm³/mol. The number of hydrogen-bond acceptors (Lipinski definition) is 3. The van der Waals surface area contributed by atoms with Crippen LogP contribution in [0.1, 0.15) is 37.9 Å². The van der Waals surface area contributed by atoms with Crippen LogP contribution in [0.25, 0.3) is 0 Å². The molecule has 0 atom stereocenters. The topological polar surface area (TPSA) is 79.3 Å². The highest BCUT2D eigenvalue weighted by Crippen LogP contribution is 2.26. The van der Waals surface area contributed by atoms with Crippen LogP contribution in [0, 0.1) is 19.3 Å². The van der Waals surface area contributed by atoms with Gasteiger partial charge in [0.2, 0.25) is 5.91 Å². The molecule has 5 nitrogen and oxygen atoms in total. The van der Waals surface area contributed by atoms with Crippen molar-refractivity contribution in [1.29, 1.82) is 0 Å². The molecule has 0 spiro atoms. The smallest absolute Gasteiger partial charge is 0.303 e. The molecule has 0 unspecified atom stereocenters. The van der Waals surface area contributed by atoms with Crippen LogP contribution < -0.4 is 5.32 Å². The Morgan fingerprint density at radius 3 is 2.47 bits per heavy atom. The fourth-order valence-corrected chi connectivity index (χ4v) is 1.97. The average molecular weight is 264 g/mol. The molecule has 1 aromatic rings. The van der Waals surface area contributed by atoms with Gasteiger partial charge in [0.05, 0.1) is 17.8 Å². The van der Waals surface area contributed by atoms with Crippen molar-refractivity contribution in [1.82, 2.24) is 4.98 Å². The summed E-state index contributed by atoms with van der Waals surface area (Å²) in [4.78, 5) is 26.8. The third kappa shape index (κ3) is 4.69. The van der Waals surface area contributed by atoms with Gasteiger partial charge in [-0.15, -0.1) is 0 Å². The van der Waals surface area contributed by atoms with E-state index in [-0.39, 0.29) is 18.7 Å². The fourth-order valence-electron chi connectivity index (χ4n) is 1.97. The van der Waals surface area contributed by atoms with E-state index < -0.39 is 11.4 Å². The van der Waals surface area contributed by atoms with E-state index in [1.807, 2.05) is 19.9 Å². The van der Waals surface area contributed by atoms with E-state index in [1.54, 1.807) is 20.0 Å². The predicted octanol–water partition coefficient (Wildman–Crippen LogP) is 2.53. The number of hydrogen-bond donors (Lipinski definition) is 2. The lowest BCUT2D eigenvalue weighted by atomic mass is 9.85. The number of pyridine rings is 1. The minimum absolute atomic E-state index is 0.0363. The van der Waals surface area contributed by atoms with E-state index >= 15 is 0 Å². The molecular weight excluding hydrogens is 244 g/mol. The van der Waals surface area contributed by atoms with Crippen molar-refractivity contribution in [3.8, 4) is 0 Å². The highest BCUT2D eigenvalue weighted by molar-refractivity contribution is 5.92. The highest BCUT2D eigenvalue weighted by atomic mass is 16.4. The number of carbonyl (C=O) groups excluding carboxylic acids is 1. The van der Waals surface area contributed by atoms with E-state index in [0.717, 1.165) is 11.3 Å². The zero-order valence-electron chi connectivity index (χ0n) is 11.8. The lowest BCUT2D eigenvalue weighted by molar-refractivity contribution is -0.139. The first-order valence-electron chi connectivity index (χ1n) is 6.15. The molecule has 5 heteroatoms. The number of carbonyl (C=O) groups is 2. The summed E-state index contributed by atoms with van der Waals surface area (Å²) in [6.07, 6.45) is 1.81. The number of amides is 1. The molecule has 0 radical (unpaired) electrons. The fraction of sp³-hybridized carbons (Fsp3) is 0.500. The van der Waals surface area contributed by atoms with Gasteiger partial charge < -0.3 is 10.4 Å². The van der Waals surface area contributed by atoms with Crippen LogP contribution in [0.3, 0.4) is 0 Å². The van der Waals surface area contributed by atoms with Gasteiger partial charge in [0.15, 0.2) is 0 Å². The number of anilines is 1. The van der Waals surface area contributed by atoms with Crippen LogP contribution >= 0.6 is 0 Å². The maximum Gasteiger partial charge on any atom is 0.303 e. The van der Waals surface area contributed by atoms with Crippen molar-refractivity contribution < 1.29 is 14.7 Å². The normalized spacial score (nSPS) is 11.2.